The van der Waals surface area contributed by atoms with Gasteiger partial charge in [-0.25, -0.2) is 9.38 Å². The highest BCUT2D eigenvalue weighted by atomic mass is 32.2. The standard InChI is InChI=1S/C31H21FN2O2S2/c32-21-13-10-20(11-14-21)29-25-16-12-19-6-4-5-9-24(19)28(25)33-31-34(29)30(35)26(38-31)18-22-15-17-27(36-22)37-23-7-2-1-3-8-23/h1-11,13-15,17-18,29H,12,16H2/b26-18-/t29-/m0/s1. The fourth-order valence-corrected chi connectivity index (χ4v) is 6.95. The number of allylic oxidation sites excluding steroid dienone is 1. The molecule has 3 aromatic carbocycles. The fraction of sp³-hybridized carbons (Fsp3) is 0.0968. The van der Waals surface area contributed by atoms with Gasteiger partial charge >= 0.3 is 0 Å². The van der Waals surface area contributed by atoms with Crippen molar-refractivity contribution in [1.29, 1.82) is 0 Å². The molecule has 38 heavy (non-hydrogen) atoms. The highest BCUT2D eigenvalue weighted by molar-refractivity contribution is 7.99. The molecule has 2 aromatic heterocycles. The van der Waals surface area contributed by atoms with Crippen LogP contribution in [0, 0.1) is 5.82 Å². The minimum absolute atomic E-state index is 0.123. The number of benzene rings is 3. The summed E-state index contributed by atoms with van der Waals surface area (Å²) in [6.07, 6.45) is 3.46. The molecule has 0 amide bonds. The minimum Gasteiger partial charge on any atom is -0.450 e. The molecule has 7 heteroatoms. The van der Waals surface area contributed by atoms with Gasteiger partial charge in [0.1, 0.15) is 11.6 Å². The van der Waals surface area contributed by atoms with Gasteiger partial charge < -0.3 is 4.42 Å². The van der Waals surface area contributed by atoms with Crippen LogP contribution in [0.4, 0.5) is 4.39 Å². The van der Waals surface area contributed by atoms with Crippen LogP contribution in [-0.4, -0.2) is 4.57 Å². The van der Waals surface area contributed by atoms with E-state index < -0.39 is 0 Å². The first-order chi connectivity index (χ1) is 18.6. The molecule has 1 atom stereocenters. The lowest BCUT2D eigenvalue weighted by atomic mass is 9.83. The van der Waals surface area contributed by atoms with Crippen molar-refractivity contribution in [2.45, 2.75) is 28.9 Å². The normalized spacial score (nSPS) is 16.6. The lowest BCUT2D eigenvalue weighted by molar-refractivity contribution is 0.466. The number of nitrogens with zero attached hydrogens (tertiary/aromatic N) is 2. The van der Waals surface area contributed by atoms with Gasteiger partial charge in [-0.3, -0.25) is 9.36 Å². The largest absolute Gasteiger partial charge is 0.450 e. The second-order valence-electron chi connectivity index (χ2n) is 9.24. The first-order valence-electron chi connectivity index (χ1n) is 12.4. The topological polar surface area (TPSA) is 47.5 Å². The van der Waals surface area contributed by atoms with Gasteiger partial charge in [-0.1, -0.05) is 77.7 Å². The summed E-state index contributed by atoms with van der Waals surface area (Å²) in [6, 6.07) is 28.2. The van der Waals surface area contributed by atoms with Crippen LogP contribution >= 0.6 is 23.1 Å². The molecule has 0 radical (unpaired) electrons. The van der Waals surface area contributed by atoms with E-state index in [2.05, 4.69) is 12.1 Å². The van der Waals surface area contributed by atoms with Gasteiger partial charge in [0.15, 0.2) is 9.89 Å². The van der Waals surface area contributed by atoms with Crippen molar-refractivity contribution in [3.8, 4) is 0 Å². The Balaban J connectivity index is 1.36. The lowest BCUT2D eigenvalue weighted by Crippen LogP contribution is -2.38. The summed E-state index contributed by atoms with van der Waals surface area (Å²) in [6.45, 7) is 0. The maximum Gasteiger partial charge on any atom is 0.271 e. The molecule has 0 saturated heterocycles. The van der Waals surface area contributed by atoms with Crippen LogP contribution in [0.15, 0.2) is 121 Å². The molecule has 5 aromatic rings. The predicted octanol–water partition coefficient (Wildman–Crippen LogP) is 6.20. The van der Waals surface area contributed by atoms with Crippen LogP contribution in [0.3, 0.4) is 0 Å². The van der Waals surface area contributed by atoms with Gasteiger partial charge in [-0.2, -0.15) is 0 Å². The number of fused-ring (bicyclic) bond motifs is 3. The zero-order valence-corrected chi connectivity index (χ0v) is 21.8. The SMILES string of the molecule is O=c1/c(=C/c2ccc(Sc3ccccc3)o2)sc2n1[C@@H](c1ccc(F)cc1)C1=C(N=2)c2ccccc2CC1. The van der Waals surface area contributed by atoms with E-state index in [4.69, 9.17) is 9.41 Å². The van der Waals surface area contributed by atoms with Crippen molar-refractivity contribution in [1.82, 2.24) is 4.57 Å². The summed E-state index contributed by atoms with van der Waals surface area (Å²) in [5, 5.41) is 0.756. The average Bonchev–Trinajstić information content (AvgIpc) is 3.52. The van der Waals surface area contributed by atoms with E-state index in [-0.39, 0.29) is 17.4 Å². The van der Waals surface area contributed by atoms with Crippen molar-refractivity contribution < 1.29 is 8.81 Å². The van der Waals surface area contributed by atoms with E-state index in [1.54, 1.807) is 22.8 Å². The second-order valence-corrected chi connectivity index (χ2v) is 11.3. The van der Waals surface area contributed by atoms with Gasteiger partial charge in [0.2, 0.25) is 0 Å². The van der Waals surface area contributed by atoms with Crippen LogP contribution in [0.2, 0.25) is 0 Å². The molecule has 4 nitrogen and oxygen atoms in total. The average molecular weight is 537 g/mol. The Kier molecular flexibility index (Phi) is 5.75. The van der Waals surface area contributed by atoms with Crippen molar-refractivity contribution in [3.63, 3.8) is 0 Å². The molecule has 1 aliphatic carbocycles. The fourth-order valence-electron chi connectivity index (χ4n) is 5.17. The van der Waals surface area contributed by atoms with Crippen molar-refractivity contribution >= 4 is 34.9 Å². The summed E-state index contributed by atoms with van der Waals surface area (Å²) >= 11 is 2.89. The first-order valence-corrected chi connectivity index (χ1v) is 14.0. The number of thiazole rings is 1. The molecule has 7 rings (SSSR count). The Morgan fingerprint density at radius 3 is 2.58 bits per heavy atom. The number of aryl methyl sites for hydroxylation is 1. The Hall–Kier alpha value is -3.94. The Bertz CT molecular complexity index is 1880. The van der Waals surface area contributed by atoms with Crippen LogP contribution in [0.5, 0.6) is 0 Å². The van der Waals surface area contributed by atoms with E-state index in [0.29, 0.717) is 15.1 Å². The second kappa shape index (κ2) is 9.42. The van der Waals surface area contributed by atoms with E-state index >= 15 is 0 Å². The Morgan fingerprint density at radius 2 is 1.74 bits per heavy atom. The summed E-state index contributed by atoms with van der Waals surface area (Å²) in [5.74, 6) is 0.312. The molecule has 0 N–H and O–H groups in total. The number of hydrogen-bond donors (Lipinski definition) is 0. The number of aromatic nitrogens is 1. The lowest BCUT2D eigenvalue weighted by Gasteiger charge is -2.30. The number of hydrogen-bond acceptors (Lipinski definition) is 5. The van der Waals surface area contributed by atoms with E-state index in [1.807, 2.05) is 54.6 Å². The summed E-state index contributed by atoms with van der Waals surface area (Å²) in [4.78, 5) is 20.6. The maximum absolute atomic E-state index is 13.8. The highest BCUT2D eigenvalue weighted by Crippen LogP contribution is 2.41. The van der Waals surface area contributed by atoms with Crippen LogP contribution in [0.25, 0.3) is 11.8 Å². The Morgan fingerprint density at radius 1 is 0.947 bits per heavy atom. The van der Waals surface area contributed by atoms with Crippen molar-refractivity contribution in [2.75, 3.05) is 0 Å². The molecule has 0 spiro atoms. The molecule has 186 valence electrons. The van der Waals surface area contributed by atoms with Gasteiger partial charge in [-0.05, 0) is 65.9 Å². The van der Waals surface area contributed by atoms with Crippen LogP contribution in [0.1, 0.15) is 34.9 Å². The smallest absolute Gasteiger partial charge is 0.271 e. The van der Waals surface area contributed by atoms with Gasteiger partial charge in [-0.15, -0.1) is 0 Å². The number of rotatable bonds is 4. The molecule has 2 aliphatic rings. The zero-order valence-electron chi connectivity index (χ0n) is 20.1. The quantitative estimate of drug-likeness (QED) is 0.275. The Labute approximate surface area is 226 Å². The van der Waals surface area contributed by atoms with E-state index in [1.165, 1.54) is 40.8 Å². The molecule has 3 heterocycles. The van der Waals surface area contributed by atoms with Gasteiger partial charge in [0.05, 0.1) is 16.3 Å². The maximum atomic E-state index is 13.8. The molecule has 1 aliphatic heterocycles. The molecular weight excluding hydrogens is 515 g/mol. The predicted molar refractivity (Wildman–Crippen MR) is 148 cm³/mol. The van der Waals surface area contributed by atoms with Crippen LogP contribution < -0.4 is 14.9 Å². The monoisotopic (exact) mass is 536 g/mol. The number of furan rings is 1. The third-order valence-electron chi connectivity index (χ3n) is 6.90. The highest BCUT2D eigenvalue weighted by Gasteiger charge is 2.32. The van der Waals surface area contributed by atoms with Crippen molar-refractivity contribution in [2.24, 2.45) is 4.99 Å². The molecule has 0 fully saturated rings. The summed E-state index contributed by atoms with van der Waals surface area (Å²) in [7, 11) is 0. The van der Waals surface area contributed by atoms with Gasteiger partial charge in [0, 0.05) is 16.5 Å². The van der Waals surface area contributed by atoms with E-state index in [9.17, 15) is 9.18 Å². The molecule has 0 bridgehead atoms. The number of halogens is 1. The molecular formula is C31H21FN2O2S2. The third kappa shape index (κ3) is 4.08. The van der Waals surface area contributed by atoms with Crippen molar-refractivity contribution in [3.05, 3.63) is 145 Å². The minimum atomic E-state index is -0.335. The van der Waals surface area contributed by atoms with Crippen LogP contribution in [-0.2, 0) is 6.42 Å². The van der Waals surface area contributed by atoms with Gasteiger partial charge in [0.25, 0.3) is 5.56 Å². The molecule has 0 unspecified atom stereocenters. The third-order valence-corrected chi connectivity index (χ3v) is 8.81. The summed E-state index contributed by atoms with van der Waals surface area (Å²) in [5.41, 5.74) is 5.13. The zero-order chi connectivity index (χ0) is 25.6. The summed E-state index contributed by atoms with van der Waals surface area (Å²) < 4.78 is 22.2. The first kappa shape index (κ1) is 23.2. The molecule has 0 saturated carbocycles. The van der Waals surface area contributed by atoms with E-state index in [0.717, 1.165) is 45.2 Å².